The number of rotatable bonds is 19. The average molecular weight is 484 g/mol. The van der Waals surface area contributed by atoms with E-state index in [4.69, 9.17) is 5.73 Å². The molecule has 34 heavy (non-hydrogen) atoms. The van der Waals surface area contributed by atoms with Gasteiger partial charge in [0.25, 0.3) is 0 Å². The van der Waals surface area contributed by atoms with Crippen LogP contribution in [-0.2, 0) is 19.2 Å². The Kier molecular flexibility index (Phi) is 18.0. The predicted octanol–water partition coefficient (Wildman–Crippen LogP) is 2.13. The highest BCUT2D eigenvalue weighted by atomic mass is 16.2. The van der Waals surface area contributed by atoms with Crippen molar-refractivity contribution in [2.45, 2.75) is 117 Å². The Labute approximate surface area is 206 Å². The third-order valence-electron chi connectivity index (χ3n) is 5.55. The quantitative estimate of drug-likeness (QED) is 0.179. The van der Waals surface area contributed by atoms with Gasteiger partial charge in [0.15, 0.2) is 0 Å². The Hall–Kier alpha value is -2.16. The maximum atomic E-state index is 13.1. The lowest BCUT2D eigenvalue weighted by atomic mass is 10.0. The summed E-state index contributed by atoms with van der Waals surface area (Å²) in [5.41, 5.74) is 5.59. The van der Waals surface area contributed by atoms with Gasteiger partial charge in [-0.25, -0.2) is 0 Å². The van der Waals surface area contributed by atoms with Crippen molar-refractivity contribution in [2.75, 3.05) is 13.1 Å². The largest absolute Gasteiger partial charge is 0.356 e. The van der Waals surface area contributed by atoms with E-state index in [1.807, 2.05) is 34.6 Å². The van der Waals surface area contributed by atoms with Crippen molar-refractivity contribution < 1.29 is 19.2 Å². The first-order chi connectivity index (χ1) is 16.1. The van der Waals surface area contributed by atoms with Gasteiger partial charge in [-0.2, -0.15) is 0 Å². The van der Waals surface area contributed by atoms with Crippen molar-refractivity contribution in [3.63, 3.8) is 0 Å². The fraction of sp³-hybridized carbons (Fsp3) is 0.840. The molecule has 198 valence electrons. The molecule has 0 aromatic rings. The Morgan fingerprint density at radius 3 is 1.91 bits per heavy atom. The van der Waals surface area contributed by atoms with E-state index in [2.05, 4.69) is 21.3 Å². The zero-order valence-electron chi connectivity index (χ0n) is 22.0. The number of unbranched alkanes of at least 4 members (excludes halogenated alkanes) is 2. The van der Waals surface area contributed by atoms with Gasteiger partial charge in [0.05, 0.1) is 0 Å². The molecule has 0 aliphatic heterocycles. The highest BCUT2D eigenvalue weighted by Crippen LogP contribution is 2.08. The van der Waals surface area contributed by atoms with Crippen LogP contribution in [0.1, 0.15) is 98.8 Å². The number of carbonyl (C=O) groups is 4. The Bertz CT molecular complexity index is 612. The lowest BCUT2D eigenvalue weighted by molar-refractivity contribution is -0.132. The number of amides is 4. The van der Waals surface area contributed by atoms with Crippen LogP contribution < -0.4 is 27.0 Å². The van der Waals surface area contributed by atoms with Gasteiger partial charge in [0.1, 0.15) is 12.1 Å². The number of hydrogen-bond donors (Lipinski definition) is 5. The first-order valence-corrected chi connectivity index (χ1v) is 13.0. The van der Waals surface area contributed by atoms with Gasteiger partial charge < -0.3 is 27.0 Å². The summed E-state index contributed by atoms with van der Waals surface area (Å²) in [5, 5.41) is 11.5. The molecule has 0 fully saturated rings. The summed E-state index contributed by atoms with van der Waals surface area (Å²) in [5.74, 6) is -0.567. The van der Waals surface area contributed by atoms with Crippen molar-refractivity contribution in [1.82, 2.24) is 21.3 Å². The monoisotopic (exact) mass is 483 g/mol. The zero-order valence-corrected chi connectivity index (χ0v) is 22.0. The first kappa shape index (κ1) is 31.8. The summed E-state index contributed by atoms with van der Waals surface area (Å²) in [6.07, 6.45) is 6.18. The van der Waals surface area contributed by atoms with Crippen molar-refractivity contribution in [2.24, 2.45) is 11.7 Å². The van der Waals surface area contributed by atoms with Gasteiger partial charge in [0.2, 0.25) is 23.6 Å². The molecule has 0 aromatic carbocycles. The molecule has 9 heteroatoms. The van der Waals surface area contributed by atoms with Crippen LogP contribution in [-0.4, -0.2) is 54.8 Å². The van der Waals surface area contributed by atoms with E-state index in [0.29, 0.717) is 51.6 Å². The van der Waals surface area contributed by atoms with Crippen molar-refractivity contribution in [3.8, 4) is 0 Å². The van der Waals surface area contributed by atoms with Gasteiger partial charge in [-0.15, -0.1) is 0 Å². The van der Waals surface area contributed by atoms with Crippen LogP contribution in [0, 0.1) is 5.92 Å². The van der Waals surface area contributed by atoms with Crippen LogP contribution in [0.25, 0.3) is 0 Å². The SMILES string of the molecule is CCCC(=O)NCCCCC(NC(=O)CC(C)C)C(=O)NC(CCCCN)C(=O)NC(C)CC. The maximum Gasteiger partial charge on any atom is 0.243 e. The Morgan fingerprint density at radius 1 is 0.765 bits per heavy atom. The fourth-order valence-corrected chi connectivity index (χ4v) is 3.39. The lowest BCUT2D eigenvalue weighted by Gasteiger charge is -2.24. The van der Waals surface area contributed by atoms with Crippen LogP contribution >= 0.6 is 0 Å². The van der Waals surface area contributed by atoms with Crippen molar-refractivity contribution >= 4 is 23.6 Å². The molecule has 0 aliphatic rings. The second-order valence-electron chi connectivity index (χ2n) is 9.48. The summed E-state index contributed by atoms with van der Waals surface area (Å²) in [6.45, 7) is 10.8. The minimum absolute atomic E-state index is 0.00544. The Morgan fingerprint density at radius 2 is 1.35 bits per heavy atom. The van der Waals surface area contributed by atoms with E-state index in [1.54, 1.807) is 0 Å². The van der Waals surface area contributed by atoms with Crippen LogP contribution in [0.4, 0.5) is 0 Å². The molecule has 0 saturated carbocycles. The van der Waals surface area contributed by atoms with Crippen LogP contribution in [0.5, 0.6) is 0 Å². The summed E-state index contributed by atoms with van der Waals surface area (Å²) in [7, 11) is 0. The van der Waals surface area contributed by atoms with Gasteiger partial charge in [-0.3, -0.25) is 19.2 Å². The number of nitrogens with two attached hydrogens (primary N) is 1. The smallest absolute Gasteiger partial charge is 0.243 e. The van der Waals surface area contributed by atoms with Gasteiger partial charge in [0, 0.05) is 25.4 Å². The molecule has 9 nitrogen and oxygen atoms in total. The molecule has 6 N–H and O–H groups in total. The molecule has 0 radical (unpaired) electrons. The average Bonchev–Trinajstić information content (AvgIpc) is 2.76. The van der Waals surface area contributed by atoms with E-state index in [-0.39, 0.29) is 35.6 Å². The third-order valence-corrected chi connectivity index (χ3v) is 5.55. The van der Waals surface area contributed by atoms with Crippen LogP contribution in [0.2, 0.25) is 0 Å². The maximum absolute atomic E-state index is 13.1. The lowest BCUT2D eigenvalue weighted by Crippen LogP contribution is -2.54. The van der Waals surface area contributed by atoms with Crippen LogP contribution in [0.15, 0.2) is 0 Å². The Balaban J connectivity index is 5.12. The molecule has 0 heterocycles. The molecule has 0 saturated heterocycles. The summed E-state index contributed by atoms with van der Waals surface area (Å²) >= 11 is 0. The zero-order chi connectivity index (χ0) is 25.9. The molecule has 3 atom stereocenters. The third kappa shape index (κ3) is 15.6. The number of nitrogens with one attached hydrogen (secondary N) is 4. The second-order valence-corrected chi connectivity index (χ2v) is 9.48. The number of hydrogen-bond acceptors (Lipinski definition) is 5. The van der Waals surface area contributed by atoms with E-state index in [0.717, 1.165) is 25.7 Å². The minimum Gasteiger partial charge on any atom is -0.356 e. The highest BCUT2D eigenvalue weighted by molar-refractivity contribution is 5.92. The molecule has 4 amide bonds. The molecular formula is C25H49N5O4. The molecule has 0 bridgehead atoms. The predicted molar refractivity (Wildman–Crippen MR) is 136 cm³/mol. The van der Waals surface area contributed by atoms with Crippen LogP contribution in [0.3, 0.4) is 0 Å². The van der Waals surface area contributed by atoms with Gasteiger partial charge >= 0.3 is 0 Å². The van der Waals surface area contributed by atoms with E-state index in [1.165, 1.54) is 0 Å². The molecule has 0 rings (SSSR count). The van der Waals surface area contributed by atoms with Crippen molar-refractivity contribution in [1.29, 1.82) is 0 Å². The summed E-state index contributed by atoms with van der Waals surface area (Å²) < 4.78 is 0. The minimum atomic E-state index is -0.731. The molecule has 0 spiro atoms. The molecule has 0 aliphatic carbocycles. The van der Waals surface area contributed by atoms with E-state index in [9.17, 15) is 19.2 Å². The second kappa shape index (κ2) is 19.2. The highest BCUT2D eigenvalue weighted by Gasteiger charge is 2.27. The normalized spacial score (nSPS) is 13.6. The summed E-state index contributed by atoms with van der Waals surface area (Å²) in [4.78, 5) is 49.9. The molecule has 3 unspecified atom stereocenters. The fourth-order valence-electron chi connectivity index (χ4n) is 3.39. The van der Waals surface area contributed by atoms with E-state index >= 15 is 0 Å². The van der Waals surface area contributed by atoms with Gasteiger partial charge in [-0.05, 0) is 70.8 Å². The topological polar surface area (TPSA) is 142 Å². The van der Waals surface area contributed by atoms with Gasteiger partial charge in [-0.1, -0.05) is 27.7 Å². The molecular weight excluding hydrogens is 434 g/mol. The standard InChI is InChI=1S/C25H49N5O4/c1-6-12-22(31)27-16-11-9-14-20(29-23(32)17-18(3)4)25(34)30-21(13-8-10-15-26)24(33)28-19(5)7-2/h18-21H,6-17,26H2,1-5H3,(H,27,31)(H,28,33)(H,29,32)(H,30,34). The van der Waals surface area contributed by atoms with Crippen molar-refractivity contribution in [3.05, 3.63) is 0 Å². The summed E-state index contributed by atoms with van der Waals surface area (Å²) in [6, 6.07) is -1.40. The molecule has 0 aromatic heterocycles. The first-order valence-electron chi connectivity index (χ1n) is 13.0. The number of carbonyl (C=O) groups excluding carboxylic acids is 4. The van der Waals surface area contributed by atoms with E-state index < -0.39 is 12.1 Å².